The summed E-state index contributed by atoms with van der Waals surface area (Å²) in [6, 6.07) is 1.96. The van der Waals surface area contributed by atoms with E-state index in [4.69, 9.17) is 4.42 Å². The van der Waals surface area contributed by atoms with Crippen LogP contribution in [0, 0.1) is 12.8 Å². The van der Waals surface area contributed by atoms with E-state index in [1.807, 2.05) is 43.3 Å². The first-order valence-electron chi connectivity index (χ1n) is 9.04. The van der Waals surface area contributed by atoms with Crippen LogP contribution in [0.15, 0.2) is 33.8 Å². The Morgan fingerprint density at radius 1 is 1.48 bits per heavy atom. The second-order valence-corrected chi connectivity index (χ2v) is 7.75. The number of aromatic nitrogens is 3. The van der Waals surface area contributed by atoms with E-state index in [0.717, 1.165) is 18.7 Å². The molecule has 142 valence electrons. The molecule has 0 aliphatic carbocycles. The van der Waals surface area contributed by atoms with Gasteiger partial charge in [-0.2, -0.15) is 11.3 Å². The lowest BCUT2D eigenvalue weighted by molar-refractivity contribution is -0.120. The normalized spacial score (nSPS) is 19.5. The summed E-state index contributed by atoms with van der Waals surface area (Å²) in [7, 11) is 2.01. The van der Waals surface area contributed by atoms with Gasteiger partial charge in [0.05, 0.1) is 18.4 Å². The Balaban J connectivity index is 1.35. The monoisotopic (exact) mass is 385 g/mol. The molecule has 0 unspecified atom stereocenters. The molecule has 0 saturated carbocycles. The maximum absolute atomic E-state index is 12.4. The van der Waals surface area contributed by atoms with Crippen LogP contribution in [-0.2, 0) is 18.3 Å². The van der Waals surface area contributed by atoms with Crippen molar-refractivity contribution < 1.29 is 9.21 Å². The van der Waals surface area contributed by atoms with Gasteiger partial charge in [0.25, 0.3) is 0 Å². The molecular formula is C19H23N5O2S. The molecule has 1 saturated heterocycles. The number of nitrogens with zero attached hydrogens (tertiary/aromatic N) is 3. The van der Waals surface area contributed by atoms with Crippen molar-refractivity contribution in [3.05, 3.63) is 46.5 Å². The molecule has 4 rings (SSSR count). The molecule has 3 aromatic rings. The average Bonchev–Trinajstić information content (AvgIpc) is 3.41. The smallest absolute Gasteiger partial charge is 0.227 e. The fourth-order valence-corrected chi connectivity index (χ4v) is 4.21. The maximum Gasteiger partial charge on any atom is 0.227 e. The molecule has 8 heteroatoms. The maximum atomic E-state index is 12.4. The Bertz CT molecular complexity index is 915. The Kier molecular flexibility index (Phi) is 5.09. The first kappa shape index (κ1) is 17.9. The van der Waals surface area contributed by atoms with Crippen molar-refractivity contribution in [1.29, 1.82) is 0 Å². The lowest BCUT2D eigenvalue weighted by Crippen LogP contribution is -2.33. The van der Waals surface area contributed by atoms with E-state index in [1.165, 1.54) is 5.69 Å². The summed E-state index contributed by atoms with van der Waals surface area (Å²) in [5, 5.41) is 10.5. The van der Waals surface area contributed by atoms with E-state index in [-0.39, 0.29) is 12.3 Å². The second kappa shape index (κ2) is 7.66. The number of imidazole rings is 1. The molecule has 0 spiro atoms. The number of rotatable bonds is 6. The standard InChI is InChI=1S/C19H23N5O2S/c1-12-16(23-19(26-12)13-3-4-27-10-13)5-18(25)22-7-14-6-20-8-15(14)17-9-21-11-24(17)2/h3-4,9-11,14-15,20H,5-8H2,1-2H3,(H,22,25)/t14-,15+/m0/s1. The third-order valence-corrected chi connectivity index (χ3v) is 5.81. The molecule has 1 fully saturated rings. The molecule has 0 radical (unpaired) electrons. The van der Waals surface area contributed by atoms with Gasteiger partial charge in [0.15, 0.2) is 0 Å². The SMILES string of the molecule is Cc1oc(-c2ccsc2)nc1CC(=O)NC[C@@H]1CNC[C@H]1c1cncn1C. The second-order valence-electron chi connectivity index (χ2n) is 6.97. The molecule has 1 amide bonds. The van der Waals surface area contributed by atoms with E-state index in [1.54, 1.807) is 11.3 Å². The van der Waals surface area contributed by atoms with Gasteiger partial charge >= 0.3 is 0 Å². The van der Waals surface area contributed by atoms with Crippen molar-refractivity contribution in [1.82, 2.24) is 25.2 Å². The zero-order valence-corrected chi connectivity index (χ0v) is 16.3. The lowest BCUT2D eigenvalue weighted by atomic mass is 9.93. The predicted octanol–water partition coefficient (Wildman–Crippen LogP) is 2.11. The number of amides is 1. The van der Waals surface area contributed by atoms with Crippen molar-refractivity contribution in [2.45, 2.75) is 19.3 Å². The van der Waals surface area contributed by atoms with Crippen LogP contribution in [0.1, 0.15) is 23.1 Å². The highest BCUT2D eigenvalue weighted by Gasteiger charge is 2.30. The number of hydrogen-bond donors (Lipinski definition) is 2. The number of thiophene rings is 1. The minimum absolute atomic E-state index is 0.0288. The first-order valence-corrected chi connectivity index (χ1v) is 9.98. The van der Waals surface area contributed by atoms with Crippen LogP contribution >= 0.6 is 11.3 Å². The fraction of sp³-hybridized carbons (Fsp3) is 0.421. The molecule has 2 atom stereocenters. The average molecular weight is 385 g/mol. The van der Waals surface area contributed by atoms with Gasteiger partial charge in [-0.1, -0.05) is 0 Å². The summed E-state index contributed by atoms with van der Waals surface area (Å²) >= 11 is 1.59. The van der Waals surface area contributed by atoms with Gasteiger partial charge in [-0.05, 0) is 24.3 Å². The molecule has 3 aromatic heterocycles. The summed E-state index contributed by atoms with van der Waals surface area (Å²) < 4.78 is 7.77. The minimum Gasteiger partial charge on any atom is -0.441 e. The molecular weight excluding hydrogens is 362 g/mol. The first-order chi connectivity index (χ1) is 13.1. The third kappa shape index (κ3) is 3.81. The molecule has 2 N–H and O–H groups in total. The van der Waals surface area contributed by atoms with Gasteiger partial charge in [-0.3, -0.25) is 4.79 Å². The number of carbonyl (C=O) groups is 1. The molecule has 0 aromatic carbocycles. The lowest BCUT2D eigenvalue weighted by Gasteiger charge is -2.19. The van der Waals surface area contributed by atoms with Crippen molar-refractivity contribution in [2.75, 3.05) is 19.6 Å². The molecule has 27 heavy (non-hydrogen) atoms. The van der Waals surface area contributed by atoms with Gasteiger partial charge in [-0.15, -0.1) is 0 Å². The molecule has 0 bridgehead atoms. The quantitative estimate of drug-likeness (QED) is 0.679. The van der Waals surface area contributed by atoms with Crippen LogP contribution in [0.25, 0.3) is 11.5 Å². The van der Waals surface area contributed by atoms with Crippen molar-refractivity contribution in [3.63, 3.8) is 0 Å². The zero-order valence-electron chi connectivity index (χ0n) is 15.4. The third-order valence-electron chi connectivity index (χ3n) is 5.12. The number of hydrogen-bond acceptors (Lipinski definition) is 6. The van der Waals surface area contributed by atoms with E-state index in [2.05, 4.69) is 25.2 Å². The molecule has 1 aliphatic heterocycles. The van der Waals surface area contributed by atoms with Crippen LogP contribution in [0.5, 0.6) is 0 Å². The Hall–Kier alpha value is -2.45. The van der Waals surface area contributed by atoms with Gasteiger partial charge in [0.2, 0.25) is 11.8 Å². The van der Waals surface area contributed by atoms with Crippen molar-refractivity contribution in [3.8, 4) is 11.5 Å². The zero-order chi connectivity index (χ0) is 18.8. The predicted molar refractivity (Wildman–Crippen MR) is 104 cm³/mol. The largest absolute Gasteiger partial charge is 0.441 e. The van der Waals surface area contributed by atoms with Gasteiger partial charge < -0.3 is 19.6 Å². The highest BCUT2D eigenvalue weighted by molar-refractivity contribution is 7.08. The van der Waals surface area contributed by atoms with Crippen LogP contribution in [0.3, 0.4) is 0 Å². The van der Waals surface area contributed by atoms with Crippen LogP contribution < -0.4 is 10.6 Å². The van der Waals surface area contributed by atoms with Crippen molar-refractivity contribution >= 4 is 17.2 Å². The molecule has 1 aliphatic rings. The van der Waals surface area contributed by atoms with Crippen LogP contribution in [0.4, 0.5) is 0 Å². The Morgan fingerprint density at radius 3 is 3.11 bits per heavy atom. The summed E-state index contributed by atoms with van der Waals surface area (Å²) in [4.78, 5) is 21.2. The number of aryl methyl sites for hydroxylation is 2. The van der Waals surface area contributed by atoms with E-state index in [9.17, 15) is 4.79 Å². The number of oxazole rings is 1. The summed E-state index contributed by atoms with van der Waals surface area (Å²) in [6.07, 6.45) is 3.97. The van der Waals surface area contributed by atoms with Crippen LogP contribution in [-0.4, -0.2) is 40.1 Å². The Labute approximate surface area is 161 Å². The highest BCUT2D eigenvalue weighted by Crippen LogP contribution is 2.27. The van der Waals surface area contributed by atoms with E-state index >= 15 is 0 Å². The van der Waals surface area contributed by atoms with Gasteiger partial charge in [-0.25, -0.2) is 9.97 Å². The summed E-state index contributed by atoms with van der Waals surface area (Å²) in [5.74, 6) is 1.95. The molecule has 7 nitrogen and oxygen atoms in total. The van der Waals surface area contributed by atoms with Crippen LogP contribution in [0.2, 0.25) is 0 Å². The Morgan fingerprint density at radius 2 is 2.37 bits per heavy atom. The fourth-order valence-electron chi connectivity index (χ4n) is 3.58. The number of nitrogens with one attached hydrogen (secondary N) is 2. The van der Waals surface area contributed by atoms with Crippen molar-refractivity contribution in [2.24, 2.45) is 13.0 Å². The van der Waals surface area contributed by atoms with Gasteiger partial charge in [0.1, 0.15) is 5.76 Å². The molecule has 4 heterocycles. The van der Waals surface area contributed by atoms with Gasteiger partial charge in [0, 0.05) is 55.4 Å². The summed E-state index contributed by atoms with van der Waals surface area (Å²) in [6.45, 7) is 4.29. The summed E-state index contributed by atoms with van der Waals surface area (Å²) in [5.41, 5.74) is 2.85. The topological polar surface area (TPSA) is 85.0 Å². The number of carbonyl (C=O) groups excluding carboxylic acids is 1. The highest BCUT2D eigenvalue weighted by atomic mass is 32.1. The van der Waals surface area contributed by atoms with E-state index < -0.39 is 0 Å². The van der Waals surface area contributed by atoms with E-state index in [0.29, 0.717) is 35.7 Å². The minimum atomic E-state index is -0.0288.